The summed E-state index contributed by atoms with van der Waals surface area (Å²) < 4.78 is 10.7. The number of carbonyl (C=O) groups excluding carboxylic acids is 2. The van der Waals surface area contributed by atoms with E-state index in [2.05, 4.69) is 56.3 Å². The number of esters is 1. The molecular weight excluding hydrogens is 512 g/mol. The zero-order valence-electron chi connectivity index (χ0n) is 21.7. The first-order valence-electron chi connectivity index (χ1n) is 13.1. The van der Waals surface area contributed by atoms with Crippen LogP contribution in [0.4, 0.5) is 0 Å². The predicted molar refractivity (Wildman–Crippen MR) is 148 cm³/mol. The van der Waals surface area contributed by atoms with Crippen molar-refractivity contribution >= 4 is 23.2 Å². The van der Waals surface area contributed by atoms with E-state index in [4.69, 9.17) is 9.15 Å². The van der Waals surface area contributed by atoms with Crippen molar-refractivity contribution in [2.45, 2.75) is 31.0 Å². The van der Waals surface area contributed by atoms with Crippen molar-refractivity contribution in [2.24, 2.45) is 0 Å². The van der Waals surface area contributed by atoms with E-state index in [9.17, 15) is 9.59 Å². The molecule has 2 aliphatic rings. The molecule has 2 fully saturated rings. The van der Waals surface area contributed by atoms with Gasteiger partial charge < -0.3 is 14.1 Å². The number of oxazole rings is 1. The molecule has 0 bridgehead atoms. The number of thiophene rings is 1. The number of nitrogens with one attached hydrogen (secondary N) is 1. The lowest BCUT2D eigenvalue weighted by molar-refractivity contribution is -0.135. The number of ether oxygens (including phenoxy) is 1. The minimum absolute atomic E-state index is 0.0156. The molecule has 4 aromatic rings. The van der Waals surface area contributed by atoms with Crippen LogP contribution in [0.5, 0.6) is 0 Å². The molecule has 2 aromatic heterocycles. The topological polar surface area (TPSA) is 87.9 Å². The third-order valence-electron chi connectivity index (χ3n) is 7.86. The molecule has 4 heterocycles. The molecule has 1 atom stereocenters. The van der Waals surface area contributed by atoms with Crippen molar-refractivity contribution in [3.8, 4) is 11.1 Å². The Bertz CT molecular complexity index is 1440. The Morgan fingerprint density at radius 3 is 2.64 bits per heavy atom. The molecule has 39 heavy (non-hydrogen) atoms. The van der Waals surface area contributed by atoms with Crippen molar-refractivity contribution in [1.29, 1.82) is 0 Å². The molecule has 2 aliphatic heterocycles. The maximum absolute atomic E-state index is 14.1. The van der Waals surface area contributed by atoms with Gasteiger partial charge in [0, 0.05) is 19.6 Å². The smallest absolute Gasteiger partial charge is 0.360 e. The number of likely N-dealkylation sites (tertiary alicyclic amines) is 1. The van der Waals surface area contributed by atoms with Crippen LogP contribution in [0.3, 0.4) is 0 Å². The fourth-order valence-corrected chi connectivity index (χ4v) is 6.41. The van der Waals surface area contributed by atoms with Crippen LogP contribution in [0.1, 0.15) is 46.3 Å². The number of amides is 1. The number of carbonyl (C=O) groups is 2. The van der Waals surface area contributed by atoms with E-state index in [1.807, 2.05) is 30.3 Å². The highest BCUT2D eigenvalue weighted by Gasteiger charge is 2.51. The third-order valence-corrected chi connectivity index (χ3v) is 8.54. The Balaban J connectivity index is 1.21. The fraction of sp³-hybridized carbons (Fsp3) is 0.300. The SMILES string of the molecule is COC(=O)c1ncoc1C(c1ccccc1)N1CNC2(CCN(Cc3ccccc3-c3ccsc3)CC2)C1=O. The summed E-state index contributed by atoms with van der Waals surface area (Å²) in [5.41, 5.74) is 4.08. The van der Waals surface area contributed by atoms with E-state index in [0.717, 1.165) is 25.2 Å². The minimum Gasteiger partial charge on any atom is -0.464 e. The van der Waals surface area contributed by atoms with Gasteiger partial charge in [-0.15, -0.1) is 0 Å². The highest BCUT2D eigenvalue weighted by atomic mass is 32.1. The maximum Gasteiger partial charge on any atom is 0.360 e. The van der Waals surface area contributed by atoms with Gasteiger partial charge >= 0.3 is 5.97 Å². The van der Waals surface area contributed by atoms with Crippen LogP contribution in [-0.2, 0) is 16.1 Å². The number of piperidine rings is 1. The van der Waals surface area contributed by atoms with Gasteiger partial charge in [0.2, 0.25) is 5.91 Å². The van der Waals surface area contributed by atoms with E-state index >= 15 is 0 Å². The Morgan fingerprint density at radius 1 is 1.13 bits per heavy atom. The first-order valence-corrected chi connectivity index (χ1v) is 14.0. The highest BCUT2D eigenvalue weighted by molar-refractivity contribution is 7.08. The second-order valence-corrected chi connectivity index (χ2v) is 10.8. The number of methoxy groups -OCH3 is 1. The highest BCUT2D eigenvalue weighted by Crippen LogP contribution is 2.38. The molecule has 1 unspecified atom stereocenters. The summed E-state index contributed by atoms with van der Waals surface area (Å²) in [6.07, 6.45) is 2.63. The molecule has 200 valence electrons. The summed E-state index contributed by atoms with van der Waals surface area (Å²) in [6, 6.07) is 19.7. The van der Waals surface area contributed by atoms with Gasteiger partial charge in [0.1, 0.15) is 11.6 Å². The van der Waals surface area contributed by atoms with Crippen LogP contribution < -0.4 is 5.32 Å². The molecule has 1 spiro atoms. The average Bonchev–Trinajstić information content (AvgIpc) is 3.74. The fourth-order valence-electron chi connectivity index (χ4n) is 5.76. The van der Waals surface area contributed by atoms with Crippen LogP contribution in [0.2, 0.25) is 0 Å². The summed E-state index contributed by atoms with van der Waals surface area (Å²) in [6.45, 7) is 2.79. The van der Waals surface area contributed by atoms with Crippen LogP contribution >= 0.6 is 11.3 Å². The van der Waals surface area contributed by atoms with Crippen LogP contribution in [0, 0.1) is 0 Å². The number of nitrogens with zero attached hydrogens (tertiary/aromatic N) is 3. The second kappa shape index (κ2) is 10.8. The standard InChI is InChI=1S/C30H30N4O4S/c1-37-28(35)25-27(38-20-31-25)26(21-7-3-2-4-8-21)34-19-32-30(29(34)36)12-14-33(15-13-30)17-22-9-5-6-10-24(22)23-11-16-39-18-23/h2-11,16,18,20,26,32H,12-15,17,19H2,1H3. The summed E-state index contributed by atoms with van der Waals surface area (Å²) >= 11 is 1.71. The van der Waals surface area contributed by atoms with Gasteiger partial charge in [0.05, 0.1) is 13.8 Å². The third kappa shape index (κ3) is 4.78. The molecular formula is C30H30N4O4S. The van der Waals surface area contributed by atoms with Gasteiger partial charge in [-0.2, -0.15) is 11.3 Å². The molecule has 8 nitrogen and oxygen atoms in total. The summed E-state index contributed by atoms with van der Waals surface area (Å²) in [4.78, 5) is 34.8. The lowest BCUT2D eigenvalue weighted by Gasteiger charge is -2.38. The number of benzene rings is 2. The van der Waals surface area contributed by atoms with Gasteiger partial charge in [-0.05, 0) is 51.9 Å². The van der Waals surface area contributed by atoms with Crippen molar-refractivity contribution in [3.63, 3.8) is 0 Å². The molecule has 1 amide bonds. The van der Waals surface area contributed by atoms with E-state index in [-0.39, 0.29) is 11.6 Å². The summed E-state index contributed by atoms with van der Waals surface area (Å²) in [7, 11) is 1.31. The summed E-state index contributed by atoms with van der Waals surface area (Å²) in [5, 5.41) is 7.83. The molecule has 6 rings (SSSR count). The van der Waals surface area contributed by atoms with Gasteiger partial charge in [-0.1, -0.05) is 54.6 Å². The monoisotopic (exact) mass is 542 g/mol. The Labute approximate surface area is 231 Å². The Morgan fingerprint density at radius 2 is 1.90 bits per heavy atom. The normalized spacial score (nSPS) is 18.0. The number of hydrogen-bond donors (Lipinski definition) is 1. The molecule has 9 heteroatoms. The lowest BCUT2D eigenvalue weighted by atomic mass is 9.86. The van der Waals surface area contributed by atoms with E-state index in [1.165, 1.54) is 30.2 Å². The first-order chi connectivity index (χ1) is 19.1. The van der Waals surface area contributed by atoms with E-state index < -0.39 is 17.6 Å². The number of rotatable bonds is 7. The van der Waals surface area contributed by atoms with Crippen molar-refractivity contribution in [2.75, 3.05) is 26.9 Å². The van der Waals surface area contributed by atoms with Crippen LogP contribution in [-0.4, -0.2) is 59.1 Å². The molecule has 0 aliphatic carbocycles. The van der Waals surface area contributed by atoms with Crippen molar-refractivity contribution in [1.82, 2.24) is 20.1 Å². The molecule has 2 aromatic carbocycles. The van der Waals surface area contributed by atoms with Gasteiger partial charge in [-0.3, -0.25) is 15.0 Å². The van der Waals surface area contributed by atoms with Crippen LogP contribution in [0.15, 0.2) is 82.2 Å². The lowest BCUT2D eigenvalue weighted by Crippen LogP contribution is -2.54. The van der Waals surface area contributed by atoms with E-state index in [0.29, 0.717) is 25.3 Å². The molecule has 1 N–H and O–H groups in total. The first kappa shape index (κ1) is 25.5. The second-order valence-electron chi connectivity index (χ2n) is 10.0. The number of hydrogen-bond acceptors (Lipinski definition) is 8. The zero-order valence-corrected chi connectivity index (χ0v) is 22.5. The Hall–Kier alpha value is -3.79. The summed E-state index contributed by atoms with van der Waals surface area (Å²) in [5.74, 6) is -0.269. The largest absolute Gasteiger partial charge is 0.464 e. The van der Waals surface area contributed by atoms with Gasteiger partial charge in [0.25, 0.3) is 0 Å². The van der Waals surface area contributed by atoms with Gasteiger partial charge in [0.15, 0.2) is 17.8 Å². The van der Waals surface area contributed by atoms with Gasteiger partial charge in [-0.25, -0.2) is 9.78 Å². The average molecular weight is 543 g/mol. The van der Waals surface area contributed by atoms with Crippen LogP contribution in [0.25, 0.3) is 11.1 Å². The van der Waals surface area contributed by atoms with E-state index in [1.54, 1.807) is 16.2 Å². The molecule has 0 saturated carbocycles. The Kier molecular flexibility index (Phi) is 7.03. The van der Waals surface area contributed by atoms with Crippen molar-refractivity contribution in [3.05, 3.63) is 100 Å². The molecule has 0 radical (unpaired) electrons. The predicted octanol–water partition coefficient (Wildman–Crippen LogP) is 4.70. The maximum atomic E-state index is 14.1. The number of aromatic nitrogens is 1. The minimum atomic E-state index is -0.651. The quantitative estimate of drug-likeness (QED) is 0.339. The molecule has 2 saturated heterocycles. The van der Waals surface area contributed by atoms with Crippen molar-refractivity contribution < 1.29 is 18.7 Å². The zero-order chi connectivity index (χ0) is 26.8.